The first kappa shape index (κ1) is 71.7. The predicted octanol–water partition coefficient (Wildman–Crippen LogP) is 31.9. The van der Waals surface area contributed by atoms with Gasteiger partial charge in [-0.1, -0.05) is 412 Å². The zero-order valence-corrected chi connectivity index (χ0v) is 74.4. The van der Waals surface area contributed by atoms with Crippen molar-refractivity contribution >= 4 is 109 Å². The lowest BCUT2D eigenvalue weighted by atomic mass is 9.99. The highest BCUT2D eigenvalue weighted by molar-refractivity contribution is 6.18. The molecular weight excluding hydrogens is 1690 g/mol. The Morgan fingerprint density at radius 2 is 0.460 bits per heavy atom. The molecule has 650 valence electrons. The standard InChI is InChI=1S/C47H30N4.C43H28N4.C37H24N4/c1-3-12-35-28-38(26-22-31(35)10-1)46-48-45(49-47(50-46)39-27-23-32-11-2-4-13-36(32)29-39)34-24-20-33(21-25-34)37-14-9-15-40(30-37)51-43-18-7-5-16-41(43)42-17-6-8-19-44(42)51;1-4-15-29(16-5-1)32-24-14-26-39-40(32)36-23-12-13-25-37(36)47(39)38-28-27-35(33-21-10-11-22-34(33)38)43-45-41(30-17-6-2-7-18-30)44-42(46-43)31-19-8-3-9-20-31;1-3-13-25(14-4-1)35-38-36(26-15-5-2-6-16-26)40-37(39-35)31-23-24-34(28-18-8-7-17-27(28)31)41-32-21-11-9-19-29(32)30-20-10-12-22-33(30)41/h1-30H;1-28H;1-24H/i;1D,4D,5D,15D,16D;1D,3D,4D,13D,14D. The Morgan fingerprint density at radius 3 is 0.906 bits per heavy atom. The van der Waals surface area contributed by atoms with Gasteiger partial charge >= 0.3 is 0 Å². The molecule has 12 nitrogen and oxygen atoms in total. The van der Waals surface area contributed by atoms with Gasteiger partial charge in [-0.25, -0.2) is 44.9 Å². The van der Waals surface area contributed by atoms with E-state index in [1.54, 1.807) is 0 Å². The van der Waals surface area contributed by atoms with Crippen molar-refractivity contribution in [3.63, 3.8) is 0 Å². The summed E-state index contributed by atoms with van der Waals surface area (Å²) >= 11 is 0. The van der Waals surface area contributed by atoms with Crippen molar-refractivity contribution in [2.45, 2.75) is 0 Å². The van der Waals surface area contributed by atoms with Gasteiger partial charge in [0.1, 0.15) is 0 Å². The number of aromatic nitrogens is 12. The molecule has 6 heterocycles. The summed E-state index contributed by atoms with van der Waals surface area (Å²) in [5.74, 6) is 4.34. The van der Waals surface area contributed by atoms with E-state index in [1.807, 2.05) is 182 Å². The summed E-state index contributed by atoms with van der Waals surface area (Å²) < 4.78 is 91.1. The first-order valence-corrected chi connectivity index (χ1v) is 45.9. The minimum atomic E-state index is -0.469. The average molecular weight is 1790 g/mol. The molecular formula is C127H82N12. The molecule has 0 unspecified atom stereocenters. The van der Waals surface area contributed by atoms with E-state index in [9.17, 15) is 0 Å². The van der Waals surface area contributed by atoms with Crippen LogP contribution in [0.1, 0.15) is 13.7 Å². The molecule has 0 atom stereocenters. The Morgan fingerprint density at radius 1 is 0.158 bits per heavy atom. The maximum Gasteiger partial charge on any atom is 0.164 e. The lowest BCUT2D eigenvalue weighted by Gasteiger charge is -2.15. The van der Waals surface area contributed by atoms with Crippen LogP contribution in [-0.4, -0.2) is 58.6 Å². The number of rotatable bonds is 14. The predicted molar refractivity (Wildman–Crippen MR) is 572 cm³/mol. The summed E-state index contributed by atoms with van der Waals surface area (Å²) in [6, 6.07) is 145. The first-order chi connectivity index (χ1) is 73.1. The summed E-state index contributed by atoms with van der Waals surface area (Å²) in [5.41, 5.74) is 19.3. The fourth-order valence-corrected chi connectivity index (χ4v) is 19.3. The van der Waals surface area contributed by atoms with Crippen LogP contribution in [0.25, 0.3) is 250 Å². The Kier molecular flexibility index (Phi) is 18.4. The lowest BCUT2D eigenvalue weighted by Crippen LogP contribution is -2.01. The van der Waals surface area contributed by atoms with Gasteiger partial charge < -0.3 is 13.7 Å². The van der Waals surface area contributed by atoms with Crippen molar-refractivity contribution in [2.24, 2.45) is 0 Å². The molecule has 21 aromatic carbocycles. The molecule has 0 N–H and O–H groups in total. The van der Waals surface area contributed by atoms with Crippen molar-refractivity contribution in [3.05, 3.63) is 497 Å². The smallest absolute Gasteiger partial charge is 0.164 e. The highest BCUT2D eigenvalue weighted by Gasteiger charge is 2.25. The van der Waals surface area contributed by atoms with E-state index in [0.29, 0.717) is 57.7 Å². The zero-order chi connectivity index (χ0) is 101. The molecule has 0 saturated heterocycles. The summed E-state index contributed by atoms with van der Waals surface area (Å²) in [4.78, 5) is 44.3. The molecule has 0 aliphatic rings. The summed E-state index contributed by atoms with van der Waals surface area (Å²) in [5, 5.41) is 15.0. The van der Waals surface area contributed by atoms with E-state index < -0.39 is 24.2 Å². The second-order valence-corrected chi connectivity index (χ2v) is 33.9. The minimum absolute atomic E-state index is 0.0106. The number of nitrogens with zero attached hydrogens (tertiary/aromatic N) is 12. The molecule has 0 amide bonds. The minimum Gasteiger partial charge on any atom is -0.309 e. The van der Waals surface area contributed by atoms with Crippen LogP contribution < -0.4 is 0 Å². The van der Waals surface area contributed by atoms with Crippen molar-refractivity contribution in [1.29, 1.82) is 0 Å². The van der Waals surface area contributed by atoms with Crippen LogP contribution >= 0.6 is 0 Å². The van der Waals surface area contributed by atoms with Gasteiger partial charge in [0.25, 0.3) is 0 Å². The molecule has 139 heavy (non-hydrogen) atoms. The molecule has 0 radical (unpaired) electrons. The van der Waals surface area contributed by atoms with Gasteiger partial charge in [0.2, 0.25) is 0 Å². The van der Waals surface area contributed by atoms with E-state index >= 15 is 0 Å². The Bertz CT molecular complexity index is 9760. The van der Waals surface area contributed by atoms with Crippen molar-refractivity contribution < 1.29 is 13.7 Å². The van der Waals surface area contributed by atoms with Crippen LogP contribution in [0, 0.1) is 0 Å². The SMILES string of the molecule is [2H]c1c([2H])c([2H])c(-c2cccc3c2c2ccccc2n3-c2ccc(-c3nc(-c4ccccc4)nc(-c4ccccc4)n3)c3ccccc23)c([2H])c1[2H].[2H]c1c([2H])c([2H])c(-c2nc(-c3ccccc3)nc(-c3ccc(-n4c5ccccc5c5ccccc54)c4ccccc34)n2)c([2H])c1[2H].c1cc(-c2ccc(-c3nc(-c4ccc5ccccc5c4)nc(-c4ccc5ccccc5c4)n3)cc2)cc(-n2c3ccccc3c3ccccc32)c1. The van der Waals surface area contributed by atoms with Crippen LogP contribution in [0.4, 0.5) is 0 Å². The summed E-state index contributed by atoms with van der Waals surface area (Å²) in [6.45, 7) is 0. The molecule has 12 heteroatoms. The second kappa shape index (κ2) is 35.6. The van der Waals surface area contributed by atoms with Gasteiger partial charge in [-0.2, -0.15) is 0 Å². The lowest BCUT2D eigenvalue weighted by molar-refractivity contribution is 1.07. The van der Waals surface area contributed by atoms with Gasteiger partial charge in [0.15, 0.2) is 52.4 Å². The molecule has 27 rings (SSSR count). The van der Waals surface area contributed by atoms with Crippen molar-refractivity contribution in [2.75, 3.05) is 0 Å². The molecule has 27 aromatic rings. The molecule has 0 aliphatic heterocycles. The normalized spacial score (nSPS) is 12.5. The number of para-hydroxylation sites is 5. The van der Waals surface area contributed by atoms with Crippen molar-refractivity contribution in [3.8, 4) is 142 Å². The molecule has 6 aromatic heterocycles. The highest BCUT2D eigenvalue weighted by Crippen LogP contribution is 2.45. The number of benzene rings is 21. The van der Waals surface area contributed by atoms with Gasteiger partial charge in [-0.05, 0) is 140 Å². The maximum absolute atomic E-state index is 8.78. The van der Waals surface area contributed by atoms with E-state index in [-0.39, 0.29) is 53.2 Å². The van der Waals surface area contributed by atoms with Gasteiger partial charge in [0, 0.05) is 98.8 Å². The quantitative estimate of drug-likeness (QED) is 0.104. The summed E-state index contributed by atoms with van der Waals surface area (Å²) in [7, 11) is 0. The van der Waals surface area contributed by atoms with Gasteiger partial charge in [-0.3, -0.25) is 0 Å². The topological polar surface area (TPSA) is 131 Å². The second-order valence-electron chi connectivity index (χ2n) is 33.9. The maximum atomic E-state index is 8.78. The fraction of sp³-hybridized carbons (Fsp3) is 0. The third kappa shape index (κ3) is 15.4. The average Bonchev–Trinajstić information content (AvgIpc) is 1.56. The third-order valence-corrected chi connectivity index (χ3v) is 25.7. The molecule has 0 bridgehead atoms. The van der Waals surface area contributed by atoms with Crippen LogP contribution in [0.5, 0.6) is 0 Å². The first-order valence-electron chi connectivity index (χ1n) is 50.9. The van der Waals surface area contributed by atoms with Gasteiger partial charge in [-0.15, -0.1) is 0 Å². The van der Waals surface area contributed by atoms with E-state index in [1.165, 1.54) is 43.4 Å². The molecule has 0 aliphatic carbocycles. The Hall–Kier alpha value is -18.9. The fourth-order valence-electron chi connectivity index (χ4n) is 19.3. The van der Waals surface area contributed by atoms with E-state index in [2.05, 4.69) is 273 Å². The highest BCUT2D eigenvalue weighted by atomic mass is 15.1. The Balaban J connectivity index is 0.000000116. The van der Waals surface area contributed by atoms with Crippen molar-refractivity contribution in [1.82, 2.24) is 58.6 Å². The molecule has 0 fully saturated rings. The van der Waals surface area contributed by atoms with Gasteiger partial charge in [0.05, 0.1) is 58.2 Å². The third-order valence-electron chi connectivity index (χ3n) is 25.7. The largest absolute Gasteiger partial charge is 0.309 e. The zero-order valence-electron chi connectivity index (χ0n) is 84.4. The van der Waals surface area contributed by atoms with Crippen LogP contribution in [0.15, 0.2) is 497 Å². The Labute approximate surface area is 814 Å². The van der Waals surface area contributed by atoms with Crippen LogP contribution in [-0.2, 0) is 0 Å². The van der Waals surface area contributed by atoms with Crippen LogP contribution in [0.2, 0.25) is 0 Å². The monoisotopic (exact) mass is 1780 g/mol. The van der Waals surface area contributed by atoms with Crippen LogP contribution in [0.3, 0.4) is 0 Å². The number of hydrogen-bond donors (Lipinski definition) is 0. The van der Waals surface area contributed by atoms with E-state index in [0.717, 1.165) is 132 Å². The number of fused-ring (bicyclic) bond motifs is 13. The summed E-state index contributed by atoms with van der Waals surface area (Å²) in [6.07, 6.45) is 0. The molecule has 0 saturated carbocycles. The van der Waals surface area contributed by atoms with E-state index in [4.69, 9.17) is 53.6 Å². The number of hydrogen-bond acceptors (Lipinski definition) is 9. The molecule has 0 spiro atoms.